The lowest BCUT2D eigenvalue weighted by Crippen LogP contribution is -2.46. The predicted molar refractivity (Wildman–Crippen MR) is 98.0 cm³/mol. The summed E-state index contributed by atoms with van der Waals surface area (Å²) in [4.78, 5) is 4.76. The highest BCUT2D eigenvalue weighted by Gasteiger charge is 2.56. The largest absolute Gasteiger partial charge is 0.368 e. The number of aliphatic hydroxyl groups is 1. The topological polar surface area (TPSA) is 48.7 Å². The smallest absolute Gasteiger partial charge is 0.168 e. The van der Waals surface area contributed by atoms with E-state index in [0.717, 1.165) is 40.0 Å². The molecule has 1 N–H and O–H groups in total. The Labute approximate surface area is 142 Å². The van der Waals surface area contributed by atoms with Gasteiger partial charge in [0, 0.05) is 23.4 Å². The van der Waals surface area contributed by atoms with Gasteiger partial charge in [0.25, 0.3) is 0 Å². The van der Waals surface area contributed by atoms with Gasteiger partial charge in [-0.3, -0.25) is 0 Å². The van der Waals surface area contributed by atoms with Crippen LogP contribution in [0.1, 0.15) is 32.3 Å². The van der Waals surface area contributed by atoms with E-state index in [4.69, 9.17) is 4.98 Å². The van der Waals surface area contributed by atoms with Gasteiger partial charge in [0.15, 0.2) is 11.5 Å². The molecule has 2 heterocycles. The van der Waals surface area contributed by atoms with E-state index in [-0.39, 0.29) is 5.92 Å². The van der Waals surface area contributed by atoms with Gasteiger partial charge in [0.05, 0.1) is 5.52 Å². The minimum Gasteiger partial charge on any atom is -0.368 e. The van der Waals surface area contributed by atoms with Gasteiger partial charge in [0.2, 0.25) is 0 Å². The molecule has 4 nitrogen and oxygen atoms in total. The molecule has 1 aromatic carbocycles. The predicted octanol–water partition coefficient (Wildman–Crippen LogP) is 4.03. The first-order valence-corrected chi connectivity index (χ1v) is 8.49. The second-order valence-electron chi connectivity index (χ2n) is 7.28. The highest BCUT2D eigenvalue weighted by atomic mass is 16.3. The maximum absolute atomic E-state index is 11.4. The average Bonchev–Trinajstić information content (AvgIpc) is 3.01. The molecular weight excluding hydrogens is 298 g/mol. The van der Waals surface area contributed by atoms with Crippen LogP contribution in [0.3, 0.4) is 0 Å². The molecule has 1 saturated carbocycles. The summed E-state index contributed by atoms with van der Waals surface area (Å²) in [5, 5.41) is 19.0. The Morgan fingerprint density at radius 3 is 2.83 bits per heavy atom. The first kappa shape index (κ1) is 15.3. The minimum atomic E-state index is -0.990. The Hall–Kier alpha value is -2.20. The summed E-state index contributed by atoms with van der Waals surface area (Å²) in [5.41, 5.74) is 3.20. The normalized spacial score (nSPS) is 29.0. The van der Waals surface area contributed by atoms with Gasteiger partial charge in [-0.25, -0.2) is 9.99 Å². The number of fused-ring (bicyclic) bond motifs is 2. The maximum atomic E-state index is 11.4. The second-order valence-corrected chi connectivity index (χ2v) is 7.28. The summed E-state index contributed by atoms with van der Waals surface area (Å²) in [7, 11) is 0. The van der Waals surface area contributed by atoms with Crippen LogP contribution in [0.15, 0.2) is 47.6 Å². The summed E-state index contributed by atoms with van der Waals surface area (Å²) in [6.07, 6.45) is 1.56. The van der Waals surface area contributed by atoms with Crippen molar-refractivity contribution < 1.29 is 5.11 Å². The summed E-state index contributed by atoms with van der Waals surface area (Å²) in [6.45, 7) is 10.2. The Kier molecular flexibility index (Phi) is 3.29. The Morgan fingerprint density at radius 1 is 1.33 bits per heavy atom. The van der Waals surface area contributed by atoms with E-state index in [2.05, 4.69) is 24.7 Å². The lowest BCUT2D eigenvalue weighted by molar-refractivity contribution is 0.0295. The molecule has 4 rings (SSSR count). The van der Waals surface area contributed by atoms with E-state index in [1.165, 1.54) is 0 Å². The quantitative estimate of drug-likeness (QED) is 0.850. The van der Waals surface area contributed by atoms with Gasteiger partial charge in [-0.15, -0.1) is 0 Å². The third-order valence-electron chi connectivity index (χ3n) is 5.58. The number of rotatable bonds is 2. The van der Waals surface area contributed by atoms with Crippen molar-refractivity contribution in [2.24, 2.45) is 16.9 Å². The van der Waals surface area contributed by atoms with Crippen LogP contribution >= 0.6 is 0 Å². The number of benzene rings is 1. The molecule has 24 heavy (non-hydrogen) atoms. The number of nitrogens with zero attached hydrogens (tertiary/aromatic N) is 3. The van der Waals surface area contributed by atoms with Gasteiger partial charge in [-0.2, -0.15) is 5.10 Å². The van der Waals surface area contributed by atoms with Crippen LogP contribution < -0.4 is 5.01 Å². The molecule has 2 unspecified atom stereocenters. The third kappa shape index (κ3) is 2.09. The van der Waals surface area contributed by atoms with Gasteiger partial charge >= 0.3 is 0 Å². The molecule has 0 bridgehead atoms. The van der Waals surface area contributed by atoms with E-state index in [1.807, 2.05) is 38.1 Å². The highest BCUT2D eigenvalue weighted by Crippen LogP contribution is 2.50. The van der Waals surface area contributed by atoms with Gasteiger partial charge in [-0.1, -0.05) is 30.4 Å². The Balaban J connectivity index is 1.81. The molecule has 0 amide bonds. The zero-order valence-electron chi connectivity index (χ0n) is 14.5. The Bertz CT molecular complexity index is 872. The van der Waals surface area contributed by atoms with Gasteiger partial charge in [-0.05, 0) is 50.8 Å². The van der Waals surface area contributed by atoms with Crippen molar-refractivity contribution in [3.8, 4) is 0 Å². The fourth-order valence-electron chi connectivity index (χ4n) is 4.18. The zero-order valence-corrected chi connectivity index (χ0v) is 14.5. The fourth-order valence-corrected chi connectivity index (χ4v) is 4.18. The SMILES string of the molecule is C=C(C)[C@@H]1CC2C(C)=NN(c3cc(C)c4ccccc4n3)C2(O)C1. The van der Waals surface area contributed by atoms with E-state index in [0.29, 0.717) is 12.3 Å². The molecule has 124 valence electrons. The van der Waals surface area contributed by atoms with Crippen LogP contribution in [-0.2, 0) is 0 Å². The van der Waals surface area contributed by atoms with E-state index in [1.54, 1.807) is 5.01 Å². The lowest BCUT2D eigenvalue weighted by Gasteiger charge is -2.32. The van der Waals surface area contributed by atoms with Gasteiger partial charge < -0.3 is 5.11 Å². The molecule has 1 aliphatic heterocycles. The molecular formula is C20H23N3O. The van der Waals surface area contributed by atoms with Crippen LogP contribution in [0.5, 0.6) is 0 Å². The van der Waals surface area contributed by atoms with E-state index >= 15 is 0 Å². The molecule has 2 aromatic rings. The summed E-state index contributed by atoms with van der Waals surface area (Å²) in [6, 6.07) is 10.1. The number of aromatic nitrogens is 1. The van der Waals surface area contributed by atoms with Crippen molar-refractivity contribution in [2.75, 3.05) is 5.01 Å². The summed E-state index contributed by atoms with van der Waals surface area (Å²) in [5.74, 6) is 1.10. The number of anilines is 1. The number of pyridine rings is 1. The fraction of sp³-hybridized carbons (Fsp3) is 0.400. The number of hydrogen-bond acceptors (Lipinski definition) is 4. The van der Waals surface area contributed by atoms with Crippen molar-refractivity contribution in [1.82, 2.24) is 4.98 Å². The number of para-hydroxylation sites is 1. The van der Waals surface area contributed by atoms with E-state index in [9.17, 15) is 5.11 Å². The lowest BCUT2D eigenvalue weighted by atomic mass is 9.95. The number of allylic oxidation sites excluding steroid dienone is 1. The van der Waals surface area contributed by atoms with Crippen LogP contribution in [-0.4, -0.2) is 21.5 Å². The molecule has 4 heteroatoms. The number of hydrazone groups is 1. The van der Waals surface area contributed by atoms with Crippen LogP contribution in [0, 0.1) is 18.8 Å². The third-order valence-corrected chi connectivity index (χ3v) is 5.58. The summed E-state index contributed by atoms with van der Waals surface area (Å²) < 4.78 is 0. The number of aryl methyl sites for hydroxylation is 1. The molecule has 1 aromatic heterocycles. The minimum absolute atomic E-state index is 0.0489. The zero-order chi connectivity index (χ0) is 17.1. The molecule has 0 spiro atoms. The Morgan fingerprint density at radius 2 is 2.08 bits per heavy atom. The van der Waals surface area contributed by atoms with Crippen LogP contribution in [0.25, 0.3) is 10.9 Å². The standard InChI is InChI=1S/C20H23N3O/c1-12(2)15-10-17-14(4)22-23(20(17,24)11-15)19-9-13(3)16-7-5-6-8-18(16)21-19/h5-9,15,17,24H,1,10-11H2,2-4H3/t15-,17?,20?/m1/s1. The van der Waals surface area contributed by atoms with Crippen molar-refractivity contribution in [1.29, 1.82) is 0 Å². The molecule has 1 aliphatic carbocycles. The monoisotopic (exact) mass is 321 g/mol. The van der Waals surface area contributed by atoms with Crippen molar-refractivity contribution in [3.05, 3.63) is 48.0 Å². The van der Waals surface area contributed by atoms with Crippen LogP contribution in [0.4, 0.5) is 5.82 Å². The van der Waals surface area contributed by atoms with E-state index < -0.39 is 5.72 Å². The molecule has 2 aliphatic rings. The molecule has 3 atom stereocenters. The first-order chi connectivity index (χ1) is 11.4. The second kappa shape index (κ2) is 5.15. The van der Waals surface area contributed by atoms with Gasteiger partial charge in [0.1, 0.15) is 0 Å². The molecule has 0 saturated heterocycles. The molecule has 0 radical (unpaired) electrons. The average molecular weight is 321 g/mol. The van der Waals surface area contributed by atoms with Crippen molar-refractivity contribution >= 4 is 22.4 Å². The summed E-state index contributed by atoms with van der Waals surface area (Å²) >= 11 is 0. The van der Waals surface area contributed by atoms with Crippen LogP contribution in [0.2, 0.25) is 0 Å². The number of hydrogen-bond donors (Lipinski definition) is 1. The van der Waals surface area contributed by atoms with Crippen molar-refractivity contribution in [2.45, 2.75) is 39.3 Å². The first-order valence-electron chi connectivity index (χ1n) is 8.49. The van der Waals surface area contributed by atoms with Crippen molar-refractivity contribution in [3.63, 3.8) is 0 Å². The maximum Gasteiger partial charge on any atom is 0.168 e. The highest BCUT2D eigenvalue weighted by molar-refractivity contribution is 5.91. The molecule has 1 fully saturated rings.